The number of pyridine rings is 1. The summed E-state index contributed by atoms with van der Waals surface area (Å²) >= 11 is 0. The minimum absolute atomic E-state index is 0.0887. The van der Waals surface area contributed by atoms with Crippen molar-refractivity contribution >= 4 is 17.7 Å². The molecule has 0 aromatic carbocycles. The molecule has 1 aliphatic carbocycles. The molecule has 1 aliphatic heterocycles. The normalized spacial score (nSPS) is 23.9. The quantitative estimate of drug-likeness (QED) is 0.687. The van der Waals surface area contributed by atoms with Crippen LogP contribution in [-0.2, 0) is 6.18 Å². The molecule has 2 N–H and O–H groups in total. The minimum Gasteiger partial charge on any atom is -0.480 e. The van der Waals surface area contributed by atoms with Gasteiger partial charge in [0.1, 0.15) is 5.69 Å². The number of ether oxygens (including phenoxy) is 1. The van der Waals surface area contributed by atoms with Gasteiger partial charge in [0, 0.05) is 13.1 Å². The lowest BCUT2D eigenvalue weighted by Gasteiger charge is -2.39. The van der Waals surface area contributed by atoms with Crippen LogP contribution in [0.5, 0.6) is 5.75 Å². The molecule has 1 amide bonds. The van der Waals surface area contributed by atoms with E-state index in [9.17, 15) is 36.2 Å². The van der Waals surface area contributed by atoms with Gasteiger partial charge in [-0.1, -0.05) is 0 Å². The van der Waals surface area contributed by atoms with Gasteiger partial charge < -0.3 is 20.1 Å². The number of anilines is 1. The lowest BCUT2D eigenvalue weighted by Crippen LogP contribution is -2.53. The molecule has 8 nitrogen and oxygen atoms in total. The SMILES string of the molecule is O=C(O)N1C[C@@H]2CC[C@@](Nc3nc4c(OCC(F)(F)F)ccc(C(F)(F)F)n4n3)(C2)C1. The van der Waals surface area contributed by atoms with Crippen molar-refractivity contribution in [1.29, 1.82) is 0 Å². The first-order chi connectivity index (χ1) is 14.4. The molecule has 0 radical (unpaired) electrons. The number of piperidine rings is 1. The summed E-state index contributed by atoms with van der Waals surface area (Å²) in [5, 5.41) is 16.1. The monoisotopic (exact) mass is 453 g/mol. The Labute approximate surface area is 170 Å². The standard InChI is InChI=1S/C17H17F6N5O3/c18-16(19,20)8-31-10-1-2-11(17(21,22)23)28-12(10)24-13(26-28)25-15-4-3-9(5-15)6-27(7-15)14(29)30/h1-2,9H,3-8H2,(H,25,26)(H,29,30)/t9-,15-/m1/s1. The van der Waals surface area contributed by atoms with Crippen molar-refractivity contribution in [3.8, 4) is 5.75 Å². The number of carbonyl (C=O) groups is 1. The van der Waals surface area contributed by atoms with Gasteiger partial charge in [-0.05, 0) is 37.3 Å². The molecule has 2 bridgehead atoms. The molecule has 1 saturated heterocycles. The summed E-state index contributed by atoms with van der Waals surface area (Å²) in [6, 6.07) is 1.33. The van der Waals surface area contributed by atoms with E-state index in [1.54, 1.807) is 0 Å². The van der Waals surface area contributed by atoms with Gasteiger partial charge in [-0.15, -0.1) is 5.10 Å². The van der Waals surface area contributed by atoms with Gasteiger partial charge in [0.2, 0.25) is 5.95 Å². The van der Waals surface area contributed by atoms with Crippen LogP contribution in [0.3, 0.4) is 0 Å². The third kappa shape index (κ3) is 4.28. The molecule has 14 heteroatoms. The number of hydrogen-bond acceptors (Lipinski definition) is 5. The molecule has 4 rings (SSSR count). The van der Waals surface area contributed by atoms with Crippen LogP contribution < -0.4 is 10.1 Å². The van der Waals surface area contributed by atoms with Gasteiger partial charge in [0.15, 0.2) is 18.0 Å². The zero-order valence-electron chi connectivity index (χ0n) is 15.8. The Hall–Kier alpha value is -2.93. The molecule has 2 aromatic heterocycles. The van der Waals surface area contributed by atoms with Crippen molar-refractivity contribution in [3.05, 3.63) is 17.8 Å². The highest BCUT2D eigenvalue weighted by Crippen LogP contribution is 2.42. The first kappa shape index (κ1) is 21.3. The van der Waals surface area contributed by atoms with Gasteiger partial charge >= 0.3 is 18.4 Å². The first-order valence-corrected chi connectivity index (χ1v) is 9.28. The van der Waals surface area contributed by atoms with Crippen molar-refractivity contribution in [2.45, 2.75) is 37.2 Å². The average Bonchev–Trinajstić information content (AvgIpc) is 3.18. The molecule has 3 heterocycles. The molecule has 2 aliphatic rings. The Bertz CT molecular complexity index is 1010. The number of carboxylic acid groups (broad SMARTS) is 1. The van der Waals surface area contributed by atoms with E-state index in [1.807, 2.05) is 0 Å². The largest absolute Gasteiger partial charge is 0.480 e. The summed E-state index contributed by atoms with van der Waals surface area (Å²) in [4.78, 5) is 16.6. The maximum absolute atomic E-state index is 13.4. The van der Waals surface area contributed by atoms with Crippen molar-refractivity contribution in [1.82, 2.24) is 19.5 Å². The summed E-state index contributed by atoms with van der Waals surface area (Å²) < 4.78 is 82.7. The third-order valence-electron chi connectivity index (χ3n) is 5.46. The van der Waals surface area contributed by atoms with Gasteiger partial charge in [0.25, 0.3) is 0 Å². The van der Waals surface area contributed by atoms with E-state index in [-0.39, 0.29) is 18.4 Å². The lowest BCUT2D eigenvalue weighted by atomic mass is 9.91. The Morgan fingerprint density at radius 2 is 2.03 bits per heavy atom. The smallest absolute Gasteiger partial charge is 0.433 e. The van der Waals surface area contributed by atoms with Crippen molar-refractivity contribution in [2.24, 2.45) is 5.92 Å². The molecule has 2 atom stereocenters. The number of hydrogen-bond donors (Lipinski definition) is 2. The molecule has 0 spiro atoms. The van der Waals surface area contributed by atoms with Crippen LogP contribution in [0.1, 0.15) is 25.0 Å². The highest BCUT2D eigenvalue weighted by molar-refractivity contribution is 5.66. The number of rotatable bonds is 4. The van der Waals surface area contributed by atoms with Crippen LogP contribution in [0.4, 0.5) is 37.1 Å². The first-order valence-electron chi connectivity index (χ1n) is 9.28. The third-order valence-corrected chi connectivity index (χ3v) is 5.46. The molecular formula is C17H17F6N5O3. The Morgan fingerprint density at radius 3 is 2.68 bits per heavy atom. The molecule has 31 heavy (non-hydrogen) atoms. The second kappa shape index (κ2) is 7.05. The number of likely N-dealkylation sites (tertiary alicyclic amines) is 1. The topological polar surface area (TPSA) is 92.0 Å². The van der Waals surface area contributed by atoms with E-state index in [1.165, 1.54) is 4.90 Å². The zero-order chi connectivity index (χ0) is 22.6. The fourth-order valence-corrected chi connectivity index (χ4v) is 4.29. The van der Waals surface area contributed by atoms with E-state index in [4.69, 9.17) is 0 Å². The van der Waals surface area contributed by atoms with E-state index in [2.05, 4.69) is 20.1 Å². The summed E-state index contributed by atoms with van der Waals surface area (Å²) in [5.74, 6) is -0.671. The second-order valence-corrected chi connectivity index (χ2v) is 7.83. The second-order valence-electron chi connectivity index (χ2n) is 7.83. The number of aromatic nitrogens is 3. The summed E-state index contributed by atoms with van der Waals surface area (Å²) in [7, 11) is 0. The number of nitrogens with one attached hydrogen (secondary N) is 1. The Kier molecular flexibility index (Phi) is 4.85. The van der Waals surface area contributed by atoms with Crippen LogP contribution in [0, 0.1) is 5.92 Å². The van der Waals surface area contributed by atoms with E-state index < -0.39 is 47.7 Å². The van der Waals surface area contributed by atoms with E-state index in [0.717, 1.165) is 12.5 Å². The molecule has 170 valence electrons. The highest BCUT2D eigenvalue weighted by atomic mass is 19.4. The predicted octanol–water partition coefficient (Wildman–Crippen LogP) is 3.63. The van der Waals surface area contributed by atoms with Gasteiger partial charge in [-0.3, -0.25) is 0 Å². The fraction of sp³-hybridized carbons (Fsp3) is 0.588. The van der Waals surface area contributed by atoms with Gasteiger partial charge in [-0.2, -0.15) is 31.3 Å². The van der Waals surface area contributed by atoms with Crippen LogP contribution in [-0.4, -0.2) is 62.1 Å². The van der Waals surface area contributed by atoms with Crippen molar-refractivity contribution in [2.75, 3.05) is 25.0 Å². The number of alkyl halides is 6. The molecule has 1 saturated carbocycles. The lowest BCUT2D eigenvalue weighted by molar-refractivity contribution is -0.153. The maximum atomic E-state index is 13.4. The molecule has 2 aromatic rings. The number of halogens is 6. The summed E-state index contributed by atoms with van der Waals surface area (Å²) in [6.45, 7) is -1.24. The summed E-state index contributed by atoms with van der Waals surface area (Å²) in [5.41, 5.74) is -2.53. The van der Waals surface area contributed by atoms with Crippen molar-refractivity contribution < 1.29 is 41.0 Å². The highest BCUT2D eigenvalue weighted by Gasteiger charge is 2.47. The predicted molar refractivity (Wildman–Crippen MR) is 92.8 cm³/mol. The Balaban J connectivity index is 1.69. The van der Waals surface area contributed by atoms with Crippen LogP contribution in [0.15, 0.2) is 12.1 Å². The van der Waals surface area contributed by atoms with Crippen LogP contribution in [0.2, 0.25) is 0 Å². The number of fused-ring (bicyclic) bond motifs is 3. The number of amides is 1. The van der Waals surface area contributed by atoms with E-state index >= 15 is 0 Å². The van der Waals surface area contributed by atoms with E-state index in [0.29, 0.717) is 30.0 Å². The zero-order valence-corrected chi connectivity index (χ0v) is 15.8. The van der Waals surface area contributed by atoms with Crippen LogP contribution >= 0.6 is 0 Å². The number of nitrogens with zero attached hydrogens (tertiary/aromatic N) is 4. The Morgan fingerprint density at radius 1 is 1.29 bits per heavy atom. The molecule has 2 fully saturated rings. The van der Waals surface area contributed by atoms with Crippen molar-refractivity contribution in [3.63, 3.8) is 0 Å². The van der Waals surface area contributed by atoms with Gasteiger partial charge in [-0.25, -0.2) is 9.31 Å². The summed E-state index contributed by atoms with van der Waals surface area (Å²) in [6.07, 6.45) is -8.79. The minimum atomic E-state index is -4.84. The van der Waals surface area contributed by atoms with Crippen LogP contribution in [0.25, 0.3) is 5.65 Å². The molecule has 0 unspecified atom stereocenters. The fourth-order valence-electron chi connectivity index (χ4n) is 4.29. The maximum Gasteiger partial charge on any atom is 0.433 e. The average molecular weight is 453 g/mol. The molecular weight excluding hydrogens is 436 g/mol. The van der Waals surface area contributed by atoms with Gasteiger partial charge in [0.05, 0.1) is 5.54 Å².